The Hall–Kier alpha value is -18.8. The first-order valence-electron chi connectivity index (χ1n) is 45.9. The molecule has 642 valence electrons. The van der Waals surface area contributed by atoms with E-state index in [1.165, 1.54) is 92.5 Å². The van der Waals surface area contributed by atoms with E-state index in [1.807, 2.05) is 182 Å². The zero-order valence-corrected chi connectivity index (χ0v) is 73.9. The average Bonchev–Trinajstić information content (AvgIpc) is 1.53. The van der Waals surface area contributed by atoms with Gasteiger partial charge in [-0.3, -0.25) is 0 Å². The number of hydrogen-bond acceptors (Lipinski definition) is 9. The molecule has 0 aliphatic rings. The molecule has 0 radical (unpaired) electrons. The highest BCUT2D eigenvalue weighted by atomic mass is 15.1. The summed E-state index contributed by atoms with van der Waals surface area (Å²) in [4.78, 5) is 44.1. The Kier molecular flexibility index (Phi) is 20.2. The molecule has 137 heavy (non-hydrogen) atoms. The second-order valence-electron chi connectivity index (χ2n) is 33.9. The van der Waals surface area contributed by atoms with E-state index in [-0.39, 0.29) is 0 Å². The predicted octanol–water partition coefficient (Wildman–Crippen LogP) is 30.1. The summed E-state index contributed by atoms with van der Waals surface area (Å²) in [5.74, 6) is 5.86. The first-order chi connectivity index (χ1) is 68.0. The van der Waals surface area contributed by atoms with Gasteiger partial charge in [0.05, 0.1) is 55.2 Å². The van der Waals surface area contributed by atoms with Gasteiger partial charge in [0.2, 0.25) is 0 Å². The Morgan fingerprint density at radius 3 is 0.606 bits per heavy atom. The molecule has 8 aromatic heterocycles. The second-order valence-corrected chi connectivity index (χ2v) is 33.9. The fourth-order valence-corrected chi connectivity index (χ4v) is 19.5. The van der Waals surface area contributed by atoms with Crippen LogP contribution in [0.15, 0.2) is 485 Å². The molecule has 8 heterocycles. The fourth-order valence-electron chi connectivity index (χ4n) is 19.5. The summed E-state index contributed by atoms with van der Waals surface area (Å²) in [7, 11) is 0. The van der Waals surface area contributed by atoms with E-state index in [0.717, 1.165) is 95.1 Å². The lowest BCUT2D eigenvalue weighted by Crippen LogP contribution is -2.00. The highest BCUT2D eigenvalue weighted by Crippen LogP contribution is 2.45. The maximum atomic E-state index is 4.97. The summed E-state index contributed by atoms with van der Waals surface area (Å²) in [6.45, 7) is 0. The second kappa shape index (κ2) is 34.5. The van der Waals surface area contributed by atoms with Crippen LogP contribution in [0, 0.1) is 0 Å². The van der Waals surface area contributed by atoms with Crippen LogP contribution >= 0.6 is 0 Å². The molecular formula is C123H80N14. The molecule has 0 N–H and O–H groups in total. The van der Waals surface area contributed by atoms with Crippen molar-refractivity contribution in [2.75, 3.05) is 0 Å². The van der Waals surface area contributed by atoms with Crippen molar-refractivity contribution in [2.24, 2.45) is 0 Å². The Morgan fingerprint density at radius 1 is 0.117 bits per heavy atom. The third kappa shape index (κ3) is 14.6. The van der Waals surface area contributed by atoms with Crippen LogP contribution in [0.3, 0.4) is 0 Å². The maximum Gasteiger partial charge on any atom is 0.164 e. The minimum atomic E-state index is 0.639. The zero-order valence-electron chi connectivity index (χ0n) is 73.9. The minimum Gasteiger partial charge on any atom is -0.309 e. The molecule has 0 spiro atoms. The average molecular weight is 1750 g/mol. The lowest BCUT2D eigenvalue weighted by atomic mass is 10.1. The van der Waals surface area contributed by atoms with Gasteiger partial charge < -0.3 is 22.8 Å². The van der Waals surface area contributed by atoms with Crippen LogP contribution in [0.4, 0.5) is 0 Å². The molecule has 27 aromatic rings. The van der Waals surface area contributed by atoms with Gasteiger partial charge in [-0.15, -0.1) is 0 Å². The highest BCUT2D eigenvalue weighted by molar-refractivity contribution is 6.26. The Labute approximate surface area is 787 Å². The fraction of sp³-hybridized carbons (Fsp3) is 0. The SMILES string of the molecule is c1ccc(-c2nc(-c3ccccc3)nc(-c3ccc(-n4c5ccccc5c5cc6c7ccccc7n(-c7ccccc7)c6cc54)cc3)n2)cc1.c1ccc(-c2nc(-c3ccccc3)nc(-c3ccc(-n4c5ccccc5c5ccc6c(c7ccccc7n6-c6ccccc6)c54)cc3)n2)cc1.c1ccc(-c2nc(-c3ccccc3)nc(-c3ccc(-n4c5ccccc5c5ccccc54)cc3)n2)cc1. The summed E-state index contributed by atoms with van der Waals surface area (Å²) < 4.78 is 11.9. The van der Waals surface area contributed by atoms with Crippen LogP contribution in [0.2, 0.25) is 0 Å². The molecule has 0 bridgehead atoms. The Balaban J connectivity index is 0.000000111. The number of nitrogens with zero attached hydrogens (tertiary/aromatic N) is 14. The van der Waals surface area contributed by atoms with Crippen LogP contribution < -0.4 is 0 Å². The third-order valence-corrected chi connectivity index (χ3v) is 25.8. The van der Waals surface area contributed by atoms with Crippen molar-refractivity contribution in [3.8, 4) is 131 Å². The van der Waals surface area contributed by atoms with Gasteiger partial charge in [0.1, 0.15) is 0 Å². The lowest BCUT2D eigenvalue weighted by molar-refractivity contribution is 1.07. The van der Waals surface area contributed by atoms with Gasteiger partial charge in [0.25, 0.3) is 0 Å². The van der Waals surface area contributed by atoms with E-state index in [1.54, 1.807) is 0 Å². The van der Waals surface area contributed by atoms with Crippen LogP contribution in [0.25, 0.3) is 240 Å². The van der Waals surface area contributed by atoms with Gasteiger partial charge in [-0.25, -0.2) is 44.9 Å². The molecule has 14 heteroatoms. The number of aromatic nitrogens is 14. The van der Waals surface area contributed by atoms with E-state index in [9.17, 15) is 0 Å². The van der Waals surface area contributed by atoms with E-state index in [0.29, 0.717) is 52.4 Å². The van der Waals surface area contributed by atoms with Crippen LogP contribution in [0.5, 0.6) is 0 Å². The molecule has 14 nitrogen and oxygen atoms in total. The van der Waals surface area contributed by atoms with E-state index in [2.05, 4.69) is 326 Å². The first kappa shape index (κ1) is 80.3. The first-order valence-corrected chi connectivity index (χ1v) is 45.9. The molecule has 0 aliphatic carbocycles. The molecule has 0 amide bonds. The third-order valence-electron chi connectivity index (χ3n) is 25.8. The molecule has 0 unspecified atom stereocenters. The smallest absolute Gasteiger partial charge is 0.164 e. The van der Waals surface area contributed by atoms with Crippen LogP contribution in [-0.4, -0.2) is 67.7 Å². The molecule has 0 saturated heterocycles. The number of fused-ring (bicyclic) bond motifs is 16. The van der Waals surface area contributed by atoms with E-state index < -0.39 is 0 Å². The quantitative estimate of drug-likeness (QED) is 0.104. The summed E-state index contributed by atoms with van der Waals surface area (Å²) in [6.07, 6.45) is 0. The predicted molar refractivity (Wildman–Crippen MR) is 560 cm³/mol. The van der Waals surface area contributed by atoms with Crippen molar-refractivity contribution in [3.05, 3.63) is 485 Å². The van der Waals surface area contributed by atoms with Crippen molar-refractivity contribution in [2.45, 2.75) is 0 Å². The number of benzene rings is 19. The molecule has 0 aliphatic heterocycles. The monoisotopic (exact) mass is 1750 g/mol. The molecular weight excluding hydrogens is 1670 g/mol. The molecule has 27 rings (SSSR count). The van der Waals surface area contributed by atoms with Crippen molar-refractivity contribution in [1.82, 2.24) is 67.7 Å². The lowest BCUT2D eigenvalue weighted by Gasteiger charge is -2.11. The summed E-state index contributed by atoms with van der Waals surface area (Å²) in [6, 6.07) is 169. The van der Waals surface area contributed by atoms with Gasteiger partial charge in [0, 0.05) is 132 Å². The molecule has 0 fully saturated rings. The molecule has 19 aromatic carbocycles. The largest absolute Gasteiger partial charge is 0.309 e. The maximum absolute atomic E-state index is 4.97. The van der Waals surface area contributed by atoms with Crippen molar-refractivity contribution in [3.63, 3.8) is 0 Å². The van der Waals surface area contributed by atoms with Crippen LogP contribution in [-0.2, 0) is 0 Å². The zero-order chi connectivity index (χ0) is 90.6. The molecule has 0 saturated carbocycles. The summed E-state index contributed by atoms with van der Waals surface area (Å²) >= 11 is 0. The summed E-state index contributed by atoms with van der Waals surface area (Å²) in [5, 5.41) is 12.4. The molecule has 0 atom stereocenters. The van der Waals surface area contributed by atoms with E-state index in [4.69, 9.17) is 44.9 Å². The standard InChI is InChI=1S/2C45H29N5.C33H22N4/c1-4-14-30(15-5-1)43-46-44(31-16-6-2-7-17-31)48-45(47-43)32-24-26-34(27-25-32)50-40-23-13-11-21-36(40)38-28-37-35-20-10-12-22-39(35)49(41(37)29-42(38)50)33-18-8-3-9-19-33;1-4-14-30(15-5-1)43-46-44(31-16-6-2-7-17-31)48-45(47-43)32-24-26-34(27-25-32)50-38-22-12-10-20-35(38)36-28-29-40-41(42(36)50)37-21-11-13-23-39(37)49(40)33-18-8-3-9-19-33;1-3-11-23(12-4-1)31-34-32(24-13-5-2-6-14-24)36-33(35-31)25-19-21-26(22-20-25)37-29-17-9-7-15-27(29)28-16-8-10-18-30(28)37/h2*1-29H;1-22H. The topological polar surface area (TPSA) is 141 Å². The Bertz CT molecular complexity index is 8930. The Morgan fingerprint density at radius 2 is 0.314 bits per heavy atom. The van der Waals surface area contributed by atoms with Gasteiger partial charge >= 0.3 is 0 Å². The van der Waals surface area contributed by atoms with E-state index >= 15 is 0 Å². The number of hydrogen-bond donors (Lipinski definition) is 0. The van der Waals surface area contributed by atoms with Crippen molar-refractivity contribution in [1.29, 1.82) is 0 Å². The van der Waals surface area contributed by atoms with Crippen molar-refractivity contribution >= 4 is 109 Å². The van der Waals surface area contributed by atoms with Crippen molar-refractivity contribution < 1.29 is 0 Å². The highest BCUT2D eigenvalue weighted by Gasteiger charge is 2.25. The van der Waals surface area contributed by atoms with Crippen LogP contribution in [0.1, 0.15) is 0 Å². The normalized spacial score (nSPS) is 11.5. The number of rotatable bonds is 14. The number of para-hydroxylation sites is 8. The summed E-state index contributed by atoms with van der Waals surface area (Å²) in [5.41, 5.74) is 25.9. The van der Waals surface area contributed by atoms with Gasteiger partial charge in [-0.05, 0) is 152 Å². The minimum absolute atomic E-state index is 0.639. The van der Waals surface area contributed by atoms with Gasteiger partial charge in [-0.2, -0.15) is 0 Å². The van der Waals surface area contributed by atoms with Gasteiger partial charge in [-0.1, -0.05) is 334 Å². The van der Waals surface area contributed by atoms with Gasteiger partial charge in [0.15, 0.2) is 52.4 Å².